The standard InChI is InChI=1S/C35H23N5S/c1-35-24-15-16-37-29(19-24)34-39-32(22-7-3-2-4-8-22)38-33(40-34)26-10-6-5-9-25(26)23-12-14-28(35)31(18-23)41-30-17-21(20-36)11-13-27(30)35/h2-15,17-19,37H,16H2,1H3. The van der Waals surface area contributed by atoms with Crippen molar-refractivity contribution in [1.29, 1.82) is 5.26 Å². The first-order valence-corrected chi connectivity index (χ1v) is 14.4. The average molecular weight is 546 g/mol. The van der Waals surface area contributed by atoms with Crippen LogP contribution in [0.25, 0.3) is 39.6 Å². The molecular weight excluding hydrogens is 522 g/mol. The second-order valence-electron chi connectivity index (χ2n) is 10.6. The summed E-state index contributed by atoms with van der Waals surface area (Å²) in [5, 5.41) is 13.2. The Morgan fingerprint density at radius 1 is 0.756 bits per heavy atom. The van der Waals surface area contributed by atoms with Gasteiger partial charge in [-0.2, -0.15) is 5.26 Å². The normalized spacial score (nSPS) is 17.8. The van der Waals surface area contributed by atoms with Crippen LogP contribution < -0.4 is 5.32 Å². The minimum atomic E-state index is -0.429. The number of rotatable bonds is 1. The van der Waals surface area contributed by atoms with E-state index in [0.717, 1.165) is 32.8 Å². The Labute approximate surface area is 242 Å². The topological polar surface area (TPSA) is 74.5 Å². The van der Waals surface area contributed by atoms with Crippen LogP contribution in [-0.4, -0.2) is 21.5 Å². The molecule has 4 aliphatic heterocycles. The van der Waals surface area contributed by atoms with Crippen molar-refractivity contribution in [2.24, 2.45) is 0 Å². The Morgan fingerprint density at radius 3 is 2.29 bits per heavy atom. The number of fused-ring (bicyclic) bond motifs is 2. The third-order valence-electron chi connectivity index (χ3n) is 8.27. The van der Waals surface area contributed by atoms with Gasteiger partial charge in [0.15, 0.2) is 17.5 Å². The number of hydrogen-bond donors (Lipinski definition) is 1. The van der Waals surface area contributed by atoms with Crippen LogP contribution in [-0.2, 0) is 5.41 Å². The lowest BCUT2D eigenvalue weighted by Crippen LogP contribution is -2.32. The van der Waals surface area contributed by atoms with Gasteiger partial charge in [0.1, 0.15) is 0 Å². The molecule has 1 aromatic heterocycles. The zero-order valence-electron chi connectivity index (χ0n) is 22.2. The highest BCUT2D eigenvalue weighted by atomic mass is 32.2. The summed E-state index contributed by atoms with van der Waals surface area (Å²) in [5.41, 5.74) is 8.79. The highest BCUT2D eigenvalue weighted by Gasteiger charge is 2.41. The monoisotopic (exact) mass is 545 g/mol. The van der Waals surface area contributed by atoms with Gasteiger partial charge in [0.2, 0.25) is 0 Å². The van der Waals surface area contributed by atoms with Gasteiger partial charge in [0.05, 0.1) is 17.3 Å². The molecule has 6 heteroatoms. The maximum atomic E-state index is 9.68. The van der Waals surface area contributed by atoms with Gasteiger partial charge < -0.3 is 5.32 Å². The van der Waals surface area contributed by atoms with E-state index in [0.29, 0.717) is 29.6 Å². The molecule has 4 aliphatic rings. The zero-order valence-corrected chi connectivity index (χ0v) is 23.0. The number of nitrogens with zero attached hydrogens (tertiary/aromatic N) is 4. The van der Waals surface area contributed by atoms with Gasteiger partial charge in [-0.05, 0) is 59.0 Å². The molecule has 4 aromatic carbocycles. The Hall–Kier alpha value is -4.99. The van der Waals surface area contributed by atoms with E-state index >= 15 is 0 Å². The van der Waals surface area contributed by atoms with Crippen molar-refractivity contribution < 1.29 is 0 Å². The van der Waals surface area contributed by atoms with Crippen molar-refractivity contribution in [2.45, 2.75) is 22.1 Å². The number of benzene rings is 4. The maximum absolute atomic E-state index is 9.68. The molecule has 0 fully saturated rings. The Bertz CT molecular complexity index is 2000. The molecule has 5 nitrogen and oxygen atoms in total. The quantitative estimate of drug-likeness (QED) is 0.237. The molecule has 0 saturated heterocycles. The minimum Gasteiger partial charge on any atom is -0.378 e. The molecule has 5 aromatic rings. The lowest BCUT2D eigenvalue weighted by Gasteiger charge is -2.40. The van der Waals surface area contributed by atoms with E-state index in [4.69, 9.17) is 15.0 Å². The number of dihydropyridines is 1. The maximum Gasteiger partial charge on any atom is 0.179 e. The van der Waals surface area contributed by atoms with Gasteiger partial charge in [0.25, 0.3) is 0 Å². The minimum absolute atomic E-state index is 0.429. The number of hydrogen-bond acceptors (Lipinski definition) is 6. The zero-order chi connectivity index (χ0) is 27.6. The molecule has 5 heterocycles. The van der Waals surface area contributed by atoms with Gasteiger partial charge in [-0.25, -0.2) is 15.0 Å². The Balaban J connectivity index is 1.47. The predicted octanol–water partition coefficient (Wildman–Crippen LogP) is 7.40. The third kappa shape index (κ3) is 3.67. The number of allylic oxidation sites excluding steroid dienone is 2. The second kappa shape index (κ2) is 9.02. The van der Waals surface area contributed by atoms with Crippen LogP contribution in [0.4, 0.5) is 0 Å². The van der Waals surface area contributed by atoms with Crippen molar-refractivity contribution in [3.8, 4) is 40.0 Å². The summed E-state index contributed by atoms with van der Waals surface area (Å²) in [6.45, 7) is 2.95. The summed E-state index contributed by atoms with van der Waals surface area (Å²) in [6.07, 6.45) is 4.45. The highest BCUT2D eigenvalue weighted by Crippen LogP contribution is 2.54. The van der Waals surface area contributed by atoms with Crippen molar-refractivity contribution >= 4 is 17.5 Å². The number of nitrogens with one attached hydrogen (secondary N) is 1. The highest BCUT2D eigenvalue weighted by molar-refractivity contribution is 7.99. The molecule has 9 rings (SSSR count). The Morgan fingerprint density at radius 2 is 1.46 bits per heavy atom. The molecular formula is C35H23N5S. The first-order chi connectivity index (χ1) is 20.1. The third-order valence-corrected chi connectivity index (χ3v) is 9.38. The molecule has 0 radical (unpaired) electrons. The summed E-state index contributed by atoms with van der Waals surface area (Å²) >= 11 is 1.74. The van der Waals surface area contributed by atoms with Gasteiger partial charge in [-0.3, -0.25) is 0 Å². The van der Waals surface area contributed by atoms with Crippen LogP contribution in [0.2, 0.25) is 0 Å². The van der Waals surface area contributed by atoms with E-state index in [1.807, 2.05) is 48.5 Å². The second-order valence-corrected chi connectivity index (χ2v) is 11.7. The van der Waals surface area contributed by atoms with E-state index in [9.17, 15) is 5.26 Å². The van der Waals surface area contributed by atoms with E-state index in [1.54, 1.807) is 11.8 Å². The van der Waals surface area contributed by atoms with Crippen LogP contribution in [0.15, 0.2) is 119 Å². The molecule has 1 N–H and O–H groups in total. The average Bonchev–Trinajstić information content (AvgIpc) is 3.04. The molecule has 41 heavy (non-hydrogen) atoms. The summed E-state index contributed by atoms with van der Waals surface area (Å²) in [5.74, 6) is 1.90. The SMILES string of the molecule is CC12C3=CCNC(=C3)c3nc(-c4ccccc4)nc(n3)-c3ccccc3-c3ccc1c(c3)Sc1cc(C#N)ccc12. The van der Waals surface area contributed by atoms with Crippen LogP contribution in [0.3, 0.4) is 0 Å². The van der Waals surface area contributed by atoms with Crippen molar-refractivity contribution in [3.63, 3.8) is 0 Å². The lowest BCUT2D eigenvalue weighted by molar-refractivity contribution is 0.646. The van der Waals surface area contributed by atoms with Crippen molar-refractivity contribution in [2.75, 3.05) is 6.54 Å². The molecule has 0 spiro atoms. The van der Waals surface area contributed by atoms with E-state index in [2.05, 4.69) is 72.9 Å². The van der Waals surface area contributed by atoms with E-state index in [1.165, 1.54) is 21.6 Å². The summed E-state index contributed by atoms with van der Waals surface area (Å²) < 4.78 is 0. The van der Waals surface area contributed by atoms with Crippen LogP contribution >= 0.6 is 11.8 Å². The van der Waals surface area contributed by atoms with E-state index in [-0.39, 0.29) is 0 Å². The Kier molecular flexibility index (Phi) is 5.25. The molecule has 0 saturated carbocycles. The fourth-order valence-electron chi connectivity index (χ4n) is 6.14. The smallest absolute Gasteiger partial charge is 0.179 e. The first kappa shape index (κ1) is 23.9. The molecule has 0 amide bonds. The van der Waals surface area contributed by atoms with Crippen molar-refractivity contribution in [3.05, 3.63) is 131 Å². The fraction of sp³-hybridized carbons (Fsp3) is 0.0857. The predicted molar refractivity (Wildman–Crippen MR) is 162 cm³/mol. The fourth-order valence-corrected chi connectivity index (χ4v) is 7.52. The summed E-state index contributed by atoms with van der Waals surface area (Å²) in [4.78, 5) is 17.3. The van der Waals surface area contributed by atoms with Crippen LogP contribution in [0, 0.1) is 11.3 Å². The number of aromatic nitrogens is 3. The van der Waals surface area contributed by atoms with Crippen LogP contribution in [0.5, 0.6) is 0 Å². The first-order valence-electron chi connectivity index (χ1n) is 13.6. The largest absolute Gasteiger partial charge is 0.378 e. The molecule has 194 valence electrons. The van der Waals surface area contributed by atoms with Gasteiger partial charge in [-0.15, -0.1) is 0 Å². The van der Waals surface area contributed by atoms with Gasteiger partial charge in [0, 0.05) is 32.9 Å². The molecule has 1 unspecified atom stereocenters. The van der Waals surface area contributed by atoms with Gasteiger partial charge in [-0.1, -0.05) is 90.6 Å². The van der Waals surface area contributed by atoms with E-state index < -0.39 is 5.41 Å². The van der Waals surface area contributed by atoms with Crippen molar-refractivity contribution in [1.82, 2.24) is 20.3 Å². The molecule has 1 atom stereocenters. The molecule has 8 bridgehead atoms. The summed E-state index contributed by atoms with van der Waals surface area (Å²) in [6, 6.07) is 33.6. The van der Waals surface area contributed by atoms with Crippen LogP contribution in [0.1, 0.15) is 29.4 Å². The summed E-state index contributed by atoms with van der Waals surface area (Å²) in [7, 11) is 0. The molecule has 0 aliphatic carbocycles. The number of nitriles is 1. The lowest BCUT2D eigenvalue weighted by atomic mass is 9.69. The van der Waals surface area contributed by atoms with Gasteiger partial charge >= 0.3 is 0 Å².